The molecule has 3 aromatic carbocycles. The molecule has 0 fully saturated rings. The Labute approximate surface area is 139 Å². The van der Waals surface area contributed by atoms with E-state index in [1.807, 2.05) is 48.5 Å². The minimum absolute atomic E-state index is 0.0145. The molecule has 3 aromatic rings. The van der Waals surface area contributed by atoms with Crippen LogP contribution in [-0.2, 0) is 0 Å². The second-order valence-electron chi connectivity index (χ2n) is 4.92. The van der Waals surface area contributed by atoms with Crippen LogP contribution in [0.2, 0.25) is 10.0 Å². The Hall–Kier alpha value is -2.09. The third-order valence-corrected chi connectivity index (χ3v) is 3.94. The van der Waals surface area contributed by atoms with E-state index >= 15 is 0 Å². The van der Waals surface area contributed by atoms with E-state index in [1.165, 1.54) is 0 Å². The summed E-state index contributed by atoms with van der Waals surface area (Å²) in [6.07, 6.45) is 0. The molecule has 0 aliphatic heterocycles. The number of hydrogen-bond acceptors (Lipinski definition) is 1. The van der Waals surface area contributed by atoms with Gasteiger partial charge in [-0.3, -0.25) is 4.79 Å². The van der Waals surface area contributed by atoms with Gasteiger partial charge < -0.3 is 0 Å². The molecule has 0 aliphatic carbocycles. The average molecular weight is 327 g/mol. The molecule has 0 saturated heterocycles. The molecule has 108 valence electrons. The van der Waals surface area contributed by atoms with Gasteiger partial charge in [0.05, 0.1) is 0 Å². The van der Waals surface area contributed by atoms with Crippen LogP contribution in [0.25, 0.3) is 11.1 Å². The molecule has 0 radical (unpaired) electrons. The number of halogens is 2. The summed E-state index contributed by atoms with van der Waals surface area (Å²) in [4.78, 5) is 12.4. The van der Waals surface area contributed by atoms with Crippen LogP contribution in [0.1, 0.15) is 15.9 Å². The summed E-state index contributed by atoms with van der Waals surface area (Å²) >= 11 is 11.7. The lowest BCUT2D eigenvalue weighted by Gasteiger charge is -2.05. The Morgan fingerprint density at radius 1 is 0.545 bits per heavy atom. The van der Waals surface area contributed by atoms with Gasteiger partial charge in [0, 0.05) is 21.2 Å². The fourth-order valence-electron chi connectivity index (χ4n) is 2.22. The van der Waals surface area contributed by atoms with Crippen LogP contribution in [0.15, 0.2) is 72.8 Å². The fraction of sp³-hybridized carbons (Fsp3) is 0. The van der Waals surface area contributed by atoms with E-state index in [0.29, 0.717) is 21.2 Å². The number of hydrogen-bond donors (Lipinski definition) is 0. The van der Waals surface area contributed by atoms with Crippen molar-refractivity contribution in [3.05, 3.63) is 94.0 Å². The summed E-state index contributed by atoms with van der Waals surface area (Å²) < 4.78 is 0. The molecule has 3 rings (SSSR count). The van der Waals surface area contributed by atoms with E-state index in [2.05, 4.69) is 0 Å². The SMILES string of the molecule is O=C(c1ccc(Cl)cc1)c1ccc(-c2ccc(Cl)cc2)cc1. The first kappa shape index (κ1) is 14.8. The van der Waals surface area contributed by atoms with Crippen LogP contribution in [-0.4, -0.2) is 5.78 Å². The molecular formula is C19H12Cl2O. The monoisotopic (exact) mass is 326 g/mol. The number of ketones is 1. The normalized spacial score (nSPS) is 10.5. The highest BCUT2D eigenvalue weighted by Gasteiger charge is 2.09. The van der Waals surface area contributed by atoms with Crippen molar-refractivity contribution in [1.29, 1.82) is 0 Å². The van der Waals surface area contributed by atoms with E-state index < -0.39 is 0 Å². The first-order valence-corrected chi connectivity index (χ1v) is 7.55. The zero-order chi connectivity index (χ0) is 15.5. The second-order valence-corrected chi connectivity index (χ2v) is 5.79. The first-order valence-electron chi connectivity index (χ1n) is 6.80. The summed E-state index contributed by atoms with van der Waals surface area (Å²) in [5, 5.41) is 1.33. The van der Waals surface area contributed by atoms with Gasteiger partial charge in [0.2, 0.25) is 0 Å². The van der Waals surface area contributed by atoms with E-state index in [4.69, 9.17) is 23.2 Å². The Morgan fingerprint density at radius 3 is 1.32 bits per heavy atom. The molecule has 0 bridgehead atoms. The van der Waals surface area contributed by atoms with Crippen molar-refractivity contribution < 1.29 is 4.79 Å². The summed E-state index contributed by atoms with van der Waals surface area (Å²) in [6.45, 7) is 0. The van der Waals surface area contributed by atoms with Gasteiger partial charge in [0.25, 0.3) is 0 Å². The lowest BCUT2D eigenvalue weighted by atomic mass is 9.99. The zero-order valence-corrected chi connectivity index (χ0v) is 13.1. The molecule has 0 amide bonds. The van der Waals surface area contributed by atoms with Gasteiger partial charge in [-0.1, -0.05) is 59.6 Å². The maximum Gasteiger partial charge on any atom is 0.193 e. The summed E-state index contributed by atoms with van der Waals surface area (Å²) in [5.41, 5.74) is 3.39. The van der Waals surface area contributed by atoms with Gasteiger partial charge in [-0.2, -0.15) is 0 Å². The van der Waals surface area contributed by atoms with Crippen molar-refractivity contribution in [2.24, 2.45) is 0 Å². The topological polar surface area (TPSA) is 17.1 Å². The van der Waals surface area contributed by atoms with Crippen LogP contribution in [0, 0.1) is 0 Å². The molecule has 0 atom stereocenters. The van der Waals surface area contributed by atoms with E-state index in [0.717, 1.165) is 11.1 Å². The Kier molecular flexibility index (Phi) is 4.28. The number of carbonyl (C=O) groups excluding carboxylic acids is 1. The number of rotatable bonds is 3. The predicted molar refractivity (Wildman–Crippen MR) is 91.8 cm³/mol. The van der Waals surface area contributed by atoms with E-state index in [-0.39, 0.29) is 5.78 Å². The third kappa shape index (κ3) is 3.22. The van der Waals surface area contributed by atoms with Gasteiger partial charge in [-0.05, 0) is 47.5 Å². The van der Waals surface area contributed by atoms with Crippen molar-refractivity contribution in [3.63, 3.8) is 0 Å². The standard InChI is InChI=1S/C19H12Cl2O/c20-17-9-5-14(6-10-17)13-1-3-15(4-2-13)19(22)16-7-11-18(21)12-8-16/h1-12H. The Balaban J connectivity index is 1.86. The molecule has 0 aliphatic rings. The first-order chi connectivity index (χ1) is 10.6. The van der Waals surface area contributed by atoms with Crippen molar-refractivity contribution in [2.75, 3.05) is 0 Å². The van der Waals surface area contributed by atoms with E-state index in [9.17, 15) is 4.79 Å². The number of carbonyl (C=O) groups is 1. The molecule has 0 unspecified atom stereocenters. The summed E-state index contributed by atoms with van der Waals surface area (Å²) in [5.74, 6) is -0.0145. The molecular weight excluding hydrogens is 315 g/mol. The number of benzene rings is 3. The smallest absolute Gasteiger partial charge is 0.193 e. The quantitative estimate of drug-likeness (QED) is 0.548. The van der Waals surface area contributed by atoms with Crippen molar-refractivity contribution >= 4 is 29.0 Å². The second kappa shape index (κ2) is 6.35. The molecule has 22 heavy (non-hydrogen) atoms. The summed E-state index contributed by atoms with van der Waals surface area (Å²) in [6, 6.07) is 22.1. The van der Waals surface area contributed by atoms with Crippen LogP contribution in [0.3, 0.4) is 0 Å². The molecule has 0 saturated carbocycles. The Morgan fingerprint density at radius 2 is 0.864 bits per heavy atom. The minimum atomic E-state index is -0.0145. The minimum Gasteiger partial charge on any atom is -0.289 e. The van der Waals surface area contributed by atoms with Gasteiger partial charge >= 0.3 is 0 Å². The average Bonchev–Trinajstić information content (AvgIpc) is 2.56. The van der Waals surface area contributed by atoms with Gasteiger partial charge in [-0.15, -0.1) is 0 Å². The Bertz CT molecular complexity index is 788. The lowest BCUT2D eigenvalue weighted by Crippen LogP contribution is -2.00. The van der Waals surface area contributed by atoms with Crippen molar-refractivity contribution in [3.8, 4) is 11.1 Å². The molecule has 0 spiro atoms. The molecule has 0 heterocycles. The highest BCUT2D eigenvalue weighted by molar-refractivity contribution is 6.31. The van der Waals surface area contributed by atoms with Crippen LogP contribution >= 0.6 is 23.2 Å². The third-order valence-electron chi connectivity index (χ3n) is 3.43. The maximum absolute atomic E-state index is 12.4. The molecule has 0 aromatic heterocycles. The predicted octanol–water partition coefficient (Wildman–Crippen LogP) is 5.89. The highest BCUT2D eigenvalue weighted by Crippen LogP contribution is 2.23. The highest BCUT2D eigenvalue weighted by atomic mass is 35.5. The van der Waals surface area contributed by atoms with Gasteiger partial charge in [0.15, 0.2) is 5.78 Å². The van der Waals surface area contributed by atoms with Crippen molar-refractivity contribution in [2.45, 2.75) is 0 Å². The largest absolute Gasteiger partial charge is 0.289 e. The van der Waals surface area contributed by atoms with Crippen molar-refractivity contribution in [1.82, 2.24) is 0 Å². The molecule has 1 nitrogen and oxygen atoms in total. The van der Waals surface area contributed by atoms with Crippen LogP contribution < -0.4 is 0 Å². The maximum atomic E-state index is 12.4. The van der Waals surface area contributed by atoms with E-state index in [1.54, 1.807) is 24.3 Å². The lowest BCUT2D eigenvalue weighted by molar-refractivity contribution is 0.103. The fourth-order valence-corrected chi connectivity index (χ4v) is 2.48. The van der Waals surface area contributed by atoms with Gasteiger partial charge in [0.1, 0.15) is 0 Å². The molecule has 3 heteroatoms. The zero-order valence-electron chi connectivity index (χ0n) is 11.6. The summed E-state index contributed by atoms with van der Waals surface area (Å²) in [7, 11) is 0. The van der Waals surface area contributed by atoms with Crippen LogP contribution in [0.4, 0.5) is 0 Å². The van der Waals surface area contributed by atoms with Crippen LogP contribution in [0.5, 0.6) is 0 Å². The van der Waals surface area contributed by atoms with Gasteiger partial charge in [-0.25, -0.2) is 0 Å². The molecule has 0 N–H and O–H groups in total.